The van der Waals surface area contributed by atoms with Crippen LogP contribution >= 0.6 is 0 Å². The highest BCUT2D eigenvalue weighted by Crippen LogP contribution is 2.20. The molecule has 0 fully saturated rings. The van der Waals surface area contributed by atoms with Gasteiger partial charge in [-0.15, -0.1) is 0 Å². The summed E-state index contributed by atoms with van der Waals surface area (Å²) in [5.74, 6) is 0.445. The van der Waals surface area contributed by atoms with Crippen LogP contribution in [0.2, 0.25) is 0 Å². The fourth-order valence-corrected chi connectivity index (χ4v) is 1.16. The molecule has 6 heteroatoms. The Kier molecular flexibility index (Phi) is 3.71. The molecule has 0 bridgehead atoms. The Morgan fingerprint density at radius 2 is 2.12 bits per heavy atom. The first-order chi connectivity index (χ1) is 7.52. The van der Waals surface area contributed by atoms with E-state index >= 15 is 0 Å². The summed E-state index contributed by atoms with van der Waals surface area (Å²) in [5, 5.41) is 2.55. The monoisotopic (exact) mass is 222 g/mol. The Bertz CT molecular complexity index is 425. The second-order valence-electron chi connectivity index (χ2n) is 3.15. The molecule has 1 aromatic carbocycles. The van der Waals surface area contributed by atoms with Crippen LogP contribution in [0.4, 0.5) is 10.5 Å². The Morgan fingerprint density at radius 3 is 2.62 bits per heavy atom. The number of nitrogens with one attached hydrogen (secondary N) is 1. The van der Waals surface area contributed by atoms with E-state index in [9.17, 15) is 4.79 Å². The SMILES string of the molecule is COc1ccc(NC(=O)N=C(N)N)c(C)c1. The molecule has 0 aliphatic heterocycles. The zero-order valence-corrected chi connectivity index (χ0v) is 9.15. The van der Waals surface area contributed by atoms with E-state index in [0.717, 1.165) is 11.3 Å². The standard InChI is InChI=1S/C10H14N4O2/c1-6-5-7(16-2)3-4-8(6)13-10(15)14-9(11)12/h3-5H,1-2H3,(H5,11,12,13,14,15). The first kappa shape index (κ1) is 11.8. The van der Waals surface area contributed by atoms with E-state index in [0.29, 0.717) is 5.69 Å². The van der Waals surface area contributed by atoms with Crippen molar-refractivity contribution in [3.8, 4) is 5.75 Å². The van der Waals surface area contributed by atoms with Crippen LogP contribution in [0.1, 0.15) is 5.56 Å². The lowest BCUT2D eigenvalue weighted by molar-refractivity contribution is 0.259. The van der Waals surface area contributed by atoms with Gasteiger partial charge >= 0.3 is 6.03 Å². The van der Waals surface area contributed by atoms with Gasteiger partial charge < -0.3 is 21.5 Å². The van der Waals surface area contributed by atoms with Crippen molar-refractivity contribution in [2.75, 3.05) is 12.4 Å². The van der Waals surface area contributed by atoms with Crippen LogP contribution < -0.4 is 21.5 Å². The minimum Gasteiger partial charge on any atom is -0.497 e. The van der Waals surface area contributed by atoms with Gasteiger partial charge in [0.1, 0.15) is 5.75 Å². The second kappa shape index (κ2) is 5.01. The molecule has 0 saturated carbocycles. The van der Waals surface area contributed by atoms with Gasteiger partial charge in [0.15, 0.2) is 5.96 Å². The summed E-state index contributed by atoms with van der Waals surface area (Å²) in [7, 11) is 1.58. The van der Waals surface area contributed by atoms with E-state index in [1.807, 2.05) is 6.92 Å². The van der Waals surface area contributed by atoms with Crippen LogP contribution in [0.25, 0.3) is 0 Å². The van der Waals surface area contributed by atoms with Crippen molar-refractivity contribution in [2.24, 2.45) is 16.5 Å². The number of aryl methyl sites for hydroxylation is 1. The molecule has 5 N–H and O–H groups in total. The summed E-state index contributed by atoms with van der Waals surface area (Å²) >= 11 is 0. The number of benzene rings is 1. The van der Waals surface area contributed by atoms with E-state index in [1.165, 1.54) is 0 Å². The Balaban J connectivity index is 2.82. The topological polar surface area (TPSA) is 103 Å². The van der Waals surface area contributed by atoms with Crippen LogP contribution in [-0.4, -0.2) is 19.1 Å². The molecule has 16 heavy (non-hydrogen) atoms. The lowest BCUT2D eigenvalue weighted by Crippen LogP contribution is -2.25. The number of hydrogen-bond donors (Lipinski definition) is 3. The van der Waals surface area contributed by atoms with Crippen LogP contribution in [0.15, 0.2) is 23.2 Å². The maximum absolute atomic E-state index is 11.2. The van der Waals surface area contributed by atoms with Gasteiger partial charge in [-0.2, -0.15) is 4.99 Å². The summed E-state index contributed by atoms with van der Waals surface area (Å²) in [6.45, 7) is 1.84. The summed E-state index contributed by atoms with van der Waals surface area (Å²) in [6, 6.07) is 4.64. The number of urea groups is 1. The number of guanidine groups is 1. The zero-order valence-electron chi connectivity index (χ0n) is 9.15. The molecular formula is C10H14N4O2. The maximum atomic E-state index is 11.2. The van der Waals surface area contributed by atoms with Crippen molar-refractivity contribution < 1.29 is 9.53 Å². The third kappa shape index (κ3) is 3.16. The molecule has 0 aliphatic carbocycles. The molecule has 6 nitrogen and oxygen atoms in total. The van der Waals surface area contributed by atoms with Crippen molar-refractivity contribution in [1.29, 1.82) is 0 Å². The fourth-order valence-electron chi connectivity index (χ4n) is 1.16. The van der Waals surface area contributed by atoms with Gasteiger partial charge in [0, 0.05) is 5.69 Å². The number of anilines is 1. The molecule has 0 atom stereocenters. The smallest absolute Gasteiger partial charge is 0.348 e. The van der Waals surface area contributed by atoms with Crippen molar-refractivity contribution in [3.05, 3.63) is 23.8 Å². The van der Waals surface area contributed by atoms with E-state index in [-0.39, 0.29) is 5.96 Å². The molecule has 0 radical (unpaired) electrons. The van der Waals surface area contributed by atoms with Gasteiger partial charge in [0.25, 0.3) is 0 Å². The molecule has 1 rings (SSSR count). The lowest BCUT2D eigenvalue weighted by atomic mass is 10.2. The van der Waals surface area contributed by atoms with Gasteiger partial charge in [0.05, 0.1) is 7.11 Å². The molecular weight excluding hydrogens is 208 g/mol. The van der Waals surface area contributed by atoms with Gasteiger partial charge in [0.2, 0.25) is 0 Å². The number of methoxy groups -OCH3 is 1. The summed E-state index contributed by atoms with van der Waals surface area (Å²) in [5.41, 5.74) is 11.6. The van der Waals surface area contributed by atoms with Crippen molar-refractivity contribution in [1.82, 2.24) is 0 Å². The highest BCUT2D eigenvalue weighted by molar-refractivity contribution is 5.98. The van der Waals surface area contributed by atoms with Crippen LogP contribution in [0.3, 0.4) is 0 Å². The third-order valence-electron chi connectivity index (χ3n) is 1.91. The zero-order chi connectivity index (χ0) is 12.1. The van der Waals surface area contributed by atoms with Crippen LogP contribution in [0, 0.1) is 6.92 Å². The number of nitrogens with zero attached hydrogens (tertiary/aromatic N) is 1. The molecule has 0 saturated heterocycles. The predicted molar refractivity (Wildman–Crippen MR) is 62.6 cm³/mol. The summed E-state index contributed by atoms with van der Waals surface area (Å²) in [6.07, 6.45) is 0. The number of amides is 2. The highest BCUT2D eigenvalue weighted by atomic mass is 16.5. The van der Waals surface area contributed by atoms with Crippen molar-refractivity contribution in [3.63, 3.8) is 0 Å². The van der Waals surface area contributed by atoms with Gasteiger partial charge in [-0.3, -0.25) is 0 Å². The van der Waals surface area contributed by atoms with Gasteiger partial charge in [-0.1, -0.05) is 0 Å². The molecule has 0 aliphatic rings. The van der Waals surface area contributed by atoms with E-state index < -0.39 is 6.03 Å². The van der Waals surface area contributed by atoms with Crippen molar-refractivity contribution >= 4 is 17.7 Å². The highest BCUT2D eigenvalue weighted by Gasteiger charge is 2.04. The minimum atomic E-state index is -0.603. The van der Waals surface area contributed by atoms with Crippen LogP contribution in [-0.2, 0) is 0 Å². The molecule has 1 aromatic rings. The number of ether oxygens (including phenoxy) is 1. The largest absolute Gasteiger partial charge is 0.497 e. The Morgan fingerprint density at radius 1 is 1.44 bits per heavy atom. The summed E-state index contributed by atoms with van der Waals surface area (Å²) < 4.78 is 5.04. The Labute approximate surface area is 93.3 Å². The first-order valence-corrected chi connectivity index (χ1v) is 4.58. The third-order valence-corrected chi connectivity index (χ3v) is 1.91. The number of hydrogen-bond acceptors (Lipinski definition) is 2. The van der Waals surface area contributed by atoms with Crippen LogP contribution in [0.5, 0.6) is 5.75 Å². The maximum Gasteiger partial charge on any atom is 0.348 e. The predicted octanol–water partition coefficient (Wildman–Crippen LogP) is 0.809. The number of carbonyl (C=O) groups is 1. The normalized spacial score (nSPS) is 9.38. The second-order valence-corrected chi connectivity index (χ2v) is 3.15. The average Bonchev–Trinajstić information content (AvgIpc) is 2.19. The molecule has 2 amide bonds. The first-order valence-electron chi connectivity index (χ1n) is 4.58. The van der Waals surface area contributed by atoms with E-state index in [4.69, 9.17) is 16.2 Å². The number of aliphatic imine (C=N–C) groups is 1. The average molecular weight is 222 g/mol. The number of carbonyl (C=O) groups excluding carboxylic acids is 1. The minimum absolute atomic E-state index is 0.274. The van der Waals surface area contributed by atoms with Gasteiger partial charge in [-0.25, -0.2) is 4.79 Å². The molecule has 86 valence electrons. The molecule has 0 unspecified atom stereocenters. The fraction of sp³-hybridized carbons (Fsp3) is 0.200. The quantitative estimate of drug-likeness (QED) is 0.509. The Hall–Kier alpha value is -2.24. The number of rotatable bonds is 2. The van der Waals surface area contributed by atoms with Crippen molar-refractivity contribution in [2.45, 2.75) is 6.92 Å². The lowest BCUT2D eigenvalue weighted by Gasteiger charge is -2.07. The van der Waals surface area contributed by atoms with Gasteiger partial charge in [-0.05, 0) is 30.7 Å². The molecule has 0 heterocycles. The molecule has 0 aromatic heterocycles. The van der Waals surface area contributed by atoms with E-state index in [2.05, 4.69) is 10.3 Å². The van der Waals surface area contributed by atoms with E-state index in [1.54, 1.807) is 25.3 Å². The number of nitrogens with two attached hydrogens (primary N) is 2. The molecule has 0 spiro atoms. The summed E-state index contributed by atoms with van der Waals surface area (Å²) in [4.78, 5) is 14.6.